The summed E-state index contributed by atoms with van der Waals surface area (Å²) < 4.78 is 52.9. The Morgan fingerprint density at radius 1 is 0.818 bits per heavy atom. The first-order valence-corrected chi connectivity index (χ1v) is 16.2. The van der Waals surface area contributed by atoms with Gasteiger partial charge in [-0.3, -0.25) is 14.0 Å². The highest BCUT2D eigenvalue weighted by molar-refractivity contribution is 7.92. The lowest BCUT2D eigenvalue weighted by atomic mass is 9.96. The Bertz CT molecular complexity index is 1660. The van der Waals surface area contributed by atoms with Crippen molar-refractivity contribution in [3.63, 3.8) is 0 Å². The van der Waals surface area contributed by atoms with Crippen molar-refractivity contribution in [2.75, 3.05) is 51.0 Å². The summed E-state index contributed by atoms with van der Waals surface area (Å²) in [5, 5.41) is 0. The molecule has 1 saturated heterocycles. The SMILES string of the molecule is COc1cc(C(=O)N2CCN(C(c3ccccc3)c3ccccc3)CC2)c(N(Cc2ccccc2F)S(C)(=O)=O)cc1OC. The van der Waals surface area contributed by atoms with Gasteiger partial charge in [0.1, 0.15) is 5.82 Å². The van der Waals surface area contributed by atoms with Crippen LogP contribution in [0.1, 0.15) is 33.1 Å². The number of rotatable bonds is 10. The number of anilines is 1. The van der Waals surface area contributed by atoms with Gasteiger partial charge >= 0.3 is 0 Å². The van der Waals surface area contributed by atoms with Gasteiger partial charge in [0, 0.05) is 37.8 Å². The molecule has 230 valence electrons. The molecule has 0 aromatic heterocycles. The highest BCUT2D eigenvalue weighted by Gasteiger charge is 2.32. The molecule has 0 unspecified atom stereocenters. The summed E-state index contributed by atoms with van der Waals surface area (Å²) in [6.45, 7) is 1.76. The van der Waals surface area contributed by atoms with Crippen LogP contribution in [0.2, 0.25) is 0 Å². The van der Waals surface area contributed by atoms with E-state index < -0.39 is 15.8 Å². The average Bonchev–Trinajstić information content (AvgIpc) is 3.04. The van der Waals surface area contributed by atoms with Crippen LogP contribution in [0.4, 0.5) is 10.1 Å². The van der Waals surface area contributed by atoms with Gasteiger partial charge in [0.25, 0.3) is 5.91 Å². The van der Waals surface area contributed by atoms with E-state index in [4.69, 9.17) is 9.47 Å². The summed E-state index contributed by atoms with van der Waals surface area (Å²) in [5.74, 6) is -0.360. The van der Waals surface area contributed by atoms with E-state index in [2.05, 4.69) is 29.2 Å². The number of ether oxygens (including phenoxy) is 2. The van der Waals surface area contributed by atoms with E-state index >= 15 is 0 Å². The summed E-state index contributed by atoms with van der Waals surface area (Å²) in [4.78, 5) is 18.2. The van der Waals surface area contributed by atoms with Gasteiger partial charge in [-0.05, 0) is 23.3 Å². The summed E-state index contributed by atoms with van der Waals surface area (Å²) in [6, 6.07) is 29.5. The topological polar surface area (TPSA) is 79.4 Å². The average molecular weight is 618 g/mol. The van der Waals surface area contributed by atoms with Gasteiger partial charge in [-0.1, -0.05) is 78.9 Å². The molecule has 1 amide bonds. The number of amides is 1. The van der Waals surface area contributed by atoms with Crippen LogP contribution >= 0.6 is 0 Å². The molecular formula is C34H36FN3O5S. The van der Waals surface area contributed by atoms with Crippen LogP contribution in [0.5, 0.6) is 11.5 Å². The third kappa shape index (κ3) is 6.71. The molecular weight excluding hydrogens is 581 g/mol. The predicted octanol–water partition coefficient (Wildman–Crippen LogP) is 5.36. The normalized spacial score (nSPS) is 14.0. The number of carbonyl (C=O) groups is 1. The highest BCUT2D eigenvalue weighted by atomic mass is 32.2. The zero-order valence-electron chi connectivity index (χ0n) is 25.0. The number of benzene rings is 4. The second-order valence-corrected chi connectivity index (χ2v) is 12.5. The molecule has 4 aromatic rings. The molecule has 0 radical (unpaired) electrons. The van der Waals surface area contributed by atoms with Gasteiger partial charge in [0.15, 0.2) is 11.5 Å². The molecule has 1 aliphatic rings. The van der Waals surface area contributed by atoms with Crippen molar-refractivity contribution in [1.82, 2.24) is 9.80 Å². The maximum atomic E-state index is 14.7. The van der Waals surface area contributed by atoms with Crippen LogP contribution in [0.25, 0.3) is 0 Å². The van der Waals surface area contributed by atoms with Crippen molar-refractivity contribution in [2.45, 2.75) is 12.6 Å². The van der Waals surface area contributed by atoms with E-state index in [9.17, 15) is 17.6 Å². The van der Waals surface area contributed by atoms with E-state index in [0.717, 1.165) is 21.7 Å². The van der Waals surface area contributed by atoms with Crippen LogP contribution in [0, 0.1) is 5.82 Å². The molecule has 4 aromatic carbocycles. The molecule has 8 nitrogen and oxygen atoms in total. The van der Waals surface area contributed by atoms with Crippen molar-refractivity contribution in [2.24, 2.45) is 0 Å². The van der Waals surface area contributed by atoms with Crippen molar-refractivity contribution >= 4 is 21.6 Å². The number of hydrogen-bond acceptors (Lipinski definition) is 6. The van der Waals surface area contributed by atoms with Gasteiger partial charge in [-0.15, -0.1) is 0 Å². The standard InChI is InChI=1S/C34H36FN3O5S/c1-42-31-22-28(30(23-32(31)43-2)38(44(3,40)41)24-27-16-10-11-17-29(27)35)34(39)37-20-18-36(19-21-37)33(25-12-6-4-7-13-25)26-14-8-5-9-15-26/h4-17,22-23,33H,18-21,24H2,1-3H3. The molecule has 0 atom stereocenters. The molecule has 1 heterocycles. The number of methoxy groups -OCH3 is 2. The monoisotopic (exact) mass is 617 g/mol. The zero-order valence-corrected chi connectivity index (χ0v) is 25.8. The largest absolute Gasteiger partial charge is 0.493 e. The maximum Gasteiger partial charge on any atom is 0.256 e. The van der Waals surface area contributed by atoms with Gasteiger partial charge in [-0.25, -0.2) is 12.8 Å². The number of piperazine rings is 1. The minimum Gasteiger partial charge on any atom is -0.493 e. The lowest BCUT2D eigenvalue weighted by molar-refractivity contribution is 0.0597. The van der Waals surface area contributed by atoms with Gasteiger partial charge < -0.3 is 14.4 Å². The van der Waals surface area contributed by atoms with E-state index in [1.807, 2.05) is 36.4 Å². The molecule has 5 rings (SSSR count). The second-order valence-electron chi connectivity index (χ2n) is 10.6. The second kappa shape index (κ2) is 13.5. The Morgan fingerprint density at radius 2 is 1.34 bits per heavy atom. The van der Waals surface area contributed by atoms with E-state index in [1.54, 1.807) is 11.0 Å². The molecule has 0 bridgehead atoms. The Morgan fingerprint density at radius 3 is 1.86 bits per heavy atom. The van der Waals surface area contributed by atoms with Crippen LogP contribution in [-0.2, 0) is 16.6 Å². The Labute approximate surface area is 258 Å². The zero-order chi connectivity index (χ0) is 31.3. The maximum absolute atomic E-state index is 14.7. The number of sulfonamides is 1. The van der Waals surface area contributed by atoms with Crippen LogP contribution in [-0.4, -0.2) is 70.8 Å². The lowest BCUT2D eigenvalue weighted by Gasteiger charge is -2.40. The minimum atomic E-state index is -3.95. The molecule has 0 saturated carbocycles. The molecule has 0 spiro atoms. The summed E-state index contributed by atoms with van der Waals surface area (Å²) in [6.07, 6.45) is 1.03. The van der Waals surface area contributed by atoms with Gasteiger partial charge in [0.05, 0.1) is 44.3 Å². The summed E-state index contributed by atoms with van der Waals surface area (Å²) >= 11 is 0. The number of hydrogen-bond donors (Lipinski definition) is 0. The quantitative estimate of drug-likeness (QED) is 0.239. The Hall–Kier alpha value is -4.41. The molecule has 0 N–H and O–H groups in total. The van der Waals surface area contributed by atoms with Crippen molar-refractivity contribution in [3.8, 4) is 11.5 Å². The molecule has 1 fully saturated rings. The number of halogens is 1. The van der Waals surface area contributed by atoms with Crippen LogP contribution in [0.3, 0.4) is 0 Å². The fraction of sp³-hybridized carbons (Fsp3) is 0.265. The fourth-order valence-corrected chi connectivity index (χ4v) is 6.53. The third-order valence-electron chi connectivity index (χ3n) is 7.87. The van der Waals surface area contributed by atoms with E-state index in [1.165, 1.54) is 44.6 Å². The van der Waals surface area contributed by atoms with Crippen molar-refractivity contribution in [3.05, 3.63) is 125 Å². The van der Waals surface area contributed by atoms with Crippen molar-refractivity contribution < 1.29 is 27.1 Å². The Balaban J connectivity index is 1.47. The van der Waals surface area contributed by atoms with E-state index in [0.29, 0.717) is 26.2 Å². The van der Waals surface area contributed by atoms with E-state index in [-0.39, 0.29) is 46.8 Å². The molecule has 1 aliphatic heterocycles. The third-order valence-corrected chi connectivity index (χ3v) is 9.00. The lowest BCUT2D eigenvalue weighted by Crippen LogP contribution is -2.50. The minimum absolute atomic E-state index is 0.0211. The van der Waals surface area contributed by atoms with Crippen LogP contribution < -0.4 is 13.8 Å². The first kappa shape index (κ1) is 31.0. The van der Waals surface area contributed by atoms with Crippen molar-refractivity contribution in [1.29, 1.82) is 0 Å². The molecule has 0 aliphatic carbocycles. The fourth-order valence-electron chi connectivity index (χ4n) is 5.65. The summed E-state index contributed by atoms with van der Waals surface area (Å²) in [5.41, 5.74) is 2.72. The smallest absolute Gasteiger partial charge is 0.256 e. The first-order valence-electron chi connectivity index (χ1n) is 14.3. The predicted molar refractivity (Wildman–Crippen MR) is 169 cm³/mol. The van der Waals surface area contributed by atoms with Gasteiger partial charge in [-0.2, -0.15) is 0 Å². The highest BCUT2D eigenvalue weighted by Crippen LogP contribution is 2.38. The first-order chi connectivity index (χ1) is 21.2. The summed E-state index contributed by atoms with van der Waals surface area (Å²) in [7, 11) is -1.07. The number of nitrogens with zero attached hydrogens (tertiary/aromatic N) is 3. The van der Waals surface area contributed by atoms with Crippen LogP contribution in [0.15, 0.2) is 97.1 Å². The van der Waals surface area contributed by atoms with Gasteiger partial charge in [0.2, 0.25) is 10.0 Å². The molecule has 10 heteroatoms. The number of carbonyl (C=O) groups excluding carboxylic acids is 1. The Kier molecular flexibility index (Phi) is 9.51. The molecule has 44 heavy (non-hydrogen) atoms.